The maximum absolute atomic E-state index is 6.06. The van der Waals surface area contributed by atoms with Gasteiger partial charge in [-0.2, -0.15) is 0 Å². The molecule has 0 amide bonds. The third-order valence-corrected chi connectivity index (χ3v) is 4.69. The first-order valence-corrected chi connectivity index (χ1v) is 8.57. The van der Waals surface area contributed by atoms with E-state index < -0.39 is 0 Å². The van der Waals surface area contributed by atoms with Crippen LogP contribution in [0.4, 0.5) is 0 Å². The molecule has 0 aliphatic carbocycles. The zero-order valence-electron chi connectivity index (χ0n) is 14.0. The minimum absolute atomic E-state index is 0.283. The molecule has 0 saturated heterocycles. The van der Waals surface area contributed by atoms with Crippen LogP contribution in [0.5, 0.6) is 11.5 Å². The number of hydrogen-bond donors (Lipinski definition) is 1. The Morgan fingerprint density at radius 3 is 2.28 bits per heavy atom. The molecule has 0 fully saturated rings. The van der Waals surface area contributed by atoms with E-state index in [4.69, 9.17) is 15.2 Å². The third kappa shape index (κ3) is 3.37. The van der Waals surface area contributed by atoms with E-state index in [9.17, 15) is 0 Å². The normalized spacial score (nSPS) is 13.6. The molecule has 126 valence electrons. The monoisotopic (exact) mass is 331 g/mol. The van der Waals surface area contributed by atoms with E-state index in [0.29, 0.717) is 13.3 Å². The van der Waals surface area contributed by atoms with Gasteiger partial charge in [-0.05, 0) is 47.4 Å². The summed E-state index contributed by atoms with van der Waals surface area (Å²) in [5.41, 5.74) is 11.0. The van der Waals surface area contributed by atoms with E-state index in [2.05, 4.69) is 60.7 Å². The summed E-state index contributed by atoms with van der Waals surface area (Å²) in [4.78, 5) is 0. The van der Waals surface area contributed by atoms with Crippen LogP contribution in [0.25, 0.3) is 11.1 Å². The Bertz CT molecular complexity index is 844. The van der Waals surface area contributed by atoms with Crippen molar-refractivity contribution in [1.82, 2.24) is 0 Å². The summed E-state index contributed by atoms with van der Waals surface area (Å²) < 4.78 is 10.8. The van der Waals surface area contributed by atoms with Crippen molar-refractivity contribution in [2.75, 3.05) is 13.3 Å². The topological polar surface area (TPSA) is 44.5 Å². The van der Waals surface area contributed by atoms with Gasteiger partial charge >= 0.3 is 0 Å². The highest BCUT2D eigenvalue weighted by Gasteiger charge is 2.16. The van der Waals surface area contributed by atoms with Crippen LogP contribution in [0.1, 0.15) is 17.0 Å². The Morgan fingerprint density at radius 1 is 0.800 bits per heavy atom. The Kier molecular flexibility index (Phi) is 4.40. The van der Waals surface area contributed by atoms with E-state index in [1.807, 2.05) is 12.1 Å². The van der Waals surface area contributed by atoms with Crippen molar-refractivity contribution in [2.45, 2.75) is 12.3 Å². The predicted octanol–water partition coefficient (Wildman–Crippen LogP) is 4.37. The summed E-state index contributed by atoms with van der Waals surface area (Å²) in [7, 11) is 0. The molecule has 1 atom stereocenters. The van der Waals surface area contributed by atoms with Crippen LogP contribution in [0.15, 0.2) is 72.8 Å². The molecule has 1 unspecified atom stereocenters. The fraction of sp³-hybridized carbons (Fsp3) is 0.182. The molecular formula is C22H21NO2. The highest BCUT2D eigenvalue weighted by Crippen LogP contribution is 2.34. The number of fused-ring (bicyclic) bond motifs is 1. The van der Waals surface area contributed by atoms with Crippen LogP contribution >= 0.6 is 0 Å². The molecule has 0 saturated carbocycles. The molecule has 0 bridgehead atoms. The van der Waals surface area contributed by atoms with Gasteiger partial charge in [0, 0.05) is 5.92 Å². The van der Waals surface area contributed by atoms with Crippen molar-refractivity contribution >= 4 is 0 Å². The fourth-order valence-electron chi connectivity index (χ4n) is 3.27. The third-order valence-electron chi connectivity index (χ3n) is 4.69. The second-order valence-electron chi connectivity index (χ2n) is 6.31. The van der Waals surface area contributed by atoms with Gasteiger partial charge in [-0.25, -0.2) is 0 Å². The zero-order chi connectivity index (χ0) is 17.1. The van der Waals surface area contributed by atoms with Crippen molar-refractivity contribution in [3.63, 3.8) is 0 Å². The maximum Gasteiger partial charge on any atom is 0.231 e. The second kappa shape index (κ2) is 6.99. The van der Waals surface area contributed by atoms with Gasteiger partial charge in [-0.1, -0.05) is 60.7 Å². The van der Waals surface area contributed by atoms with Crippen molar-refractivity contribution in [2.24, 2.45) is 5.73 Å². The number of nitrogens with two attached hydrogens (primary N) is 1. The molecule has 1 aliphatic heterocycles. The average Bonchev–Trinajstić information content (AvgIpc) is 3.15. The lowest BCUT2D eigenvalue weighted by molar-refractivity contribution is 0.174. The van der Waals surface area contributed by atoms with E-state index >= 15 is 0 Å². The van der Waals surface area contributed by atoms with Gasteiger partial charge in [0.15, 0.2) is 11.5 Å². The maximum atomic E-state index is 6.06. The van der Waals surface area contributed by atoms with E-state index in [0.717, 1.165) is 17.9 Å². The van der Waals surface area contributed by atoms with Crippen LogP contribution < -0.4 is 15.2 Å². The average molecular weight is 331 g/mol. The molecule has 3 nitrogen and oxygen atoms in total. The highest BCUT2D eigenvalue weighted by atomic mass is 16.7. The molecule has 4 rings (SSSR count). The van der Waals surface area contributed by atoms with E-state index in [-0.39, 0.29) is 5.92 Å². The van der Waals surface area contributed by atoms with Crippen LogP contribution in [-0.2, 0) is 6.42 Å². The molecule has 0 aromatic heterocycles. The number of rotatable bonds is 5. The van der Waals surface area contributed by atoms with Gasteiger partial charge in [0.05, 0.1) is 0 Å². The molecule has 0 radical (unpaired) electrons. The minimum atomic E-state index is 0.283. The first kappa shape index (κ1) is 15.7. The van der Waals surface area contributed by atoms with Crippen LogP contribution in [0, 0.1) is 0 Å². The van der Waals surface area contributed by atoms with Crippen molar-refractivity contribution < 1.29 is 9.47 Å². The minimum Gasteiger partial charge on any atom is -0.454 e. The number of benzene rings is 3. The molecule has 2 N–H and O–H groups in total. The summed E-state index contributed by atoms with van der Waals surface area (Å²) in [5.74, 6) is 1.93. The molecular weight excluding hydrogens is 310 g/mol. The molecule has 0 spiro atoms. The smallest absolute Gasteiger partial charge is 0.231 e. The summed E-state index contributed by atoms with van der Waals surface area (Å²) in [6, 6.07) is 25.3. The summed E-state index contributed by atoms with van der Waals surface area (Å²) >= 11 is 0. The lowest BCUT2D eigenvalue weighted by Crippen LogP contribution is -2.15. The standard InChI is InChI=1S/C22H21NO2/c23-14-20(12-16-6-11-21-22(13-16)25-15-24-21)19-9-7-18(8-10-19)17-4-2-1-3-5-17/h1-11,13,20H,12,14-15,23H2. The van der Waals surface area contributed by atoms with Gasteiger partial charge < -0.3 is 15.2 Å². The van der Waals surface area contributed by atoms with Crippen molar-refractivity contribution in [1.29, 1.82) is 0 Å². The quantitative estimate of drug-likeness (QED) is 0.755. The Morgan fingerprint density at radius 2 is 1.52 bits per heavy atom. The lowest BCUT2D eigenvalue weighted by atomic mass is 9.90. The molecule has 3 aromatic carbocycles. The van der Waals surface area contributed by atoms with Gasteiger partial charge in [0.2, 0.25) is 6.79 Å². The second-order valence-corrected chi connectivity index (χ2v) is 6.31. The molecule has 3 heteroatoms. The van der Waals surface area contributed by atoms with E-state index in [1.54, 1.807) is 0 Å². The highest BCUT2D eigenvalue weighted by molar-refractivity contribution is 5.63. The van der Waals surface area contributed by atoms with Gasteiger partial charge in [-0.3, -0.25) is 0 Å². The summed E-state index contributed by atoms with van der Waals surface area (Å²) in [6.45, 7) is 0.916. The van der Waals surface area contributed by atoms with Gasteiger partial charge in [-0.15, -0.1) is 0 Å². The molecule has 25 heavy (non-hydrogen) atoms. The largest absolute Gasteiger partial charge is 0.454 e. The van der Waals surface area contributed by atoms with Crippen LogP contribution in [0.2, 0.25) is 0 Å². The molecule has 1 heterocycles. The lowest BCUT2D eigenvalue weighted by Gasteiger charge is -2.16. The molecule has 3 aromatic rings. The van der Waals surface area contributed by atoms with Crippen LogP contribution in [0.3, 0.4) is 0 Å². The Hall–Kier alpha value is -2.78. The van der Waals surface area contributed by atoms with Crippen LogP contribution in [-0.4, -0.2) is 13.3 Å². The van der Waals surface area contributed by atoms with Crippen molar-refractivity contribution in [3.8, 4) is 22.6 Å². The Labute approximate surface area is 148 Å². The van der Waals surface area contributed by atoms with Crippen molar-refractivity contribution in [3.05, 3.63) is 83.9 Å². The number of hydrogen-bond acceptors (Lipinski definition) is 3. The fourth-order valence-corrected chi connectivity index (χ4v) is 3.27. The zero-order valence-corrected chi connectivity index (χ0v) is 14.0. The molecule has 1 aliphatic rings. The Balaban J connectivity index is 1.53. The SMILES string of the molecule is NCC(Cc1ccc2c(c1)OCO2)c1ccc(-c2ccccc2)cc1. The van der Waals surface area contributed by atoms with E-state index in [1.165, 1.54) is 22.3 Å². The first-order valence-electron chi connectivity index (χ1n) is 8.57. The summed E-state index contributed by atoms with van der Waals surface area (Å²) in [5, 5.41) is 0. The number of ether oxygens (including phenoxy) is 2. The first-order chi connectivity index (χ1) is 12.3. The predicted molar refractivity (Wildman–Crippen MR) is 99.9 cm³/mol. The van der Waals surface area contributed by atoms with Gasteiger partial charge in [0.25, 0.3) is 0 Å². The summed E-state index contributed by atoms with van der Waals surface area (Å²) in [6.07, 6.45) is 0.887. The van der Waals surface area contributed by atoms with Gasteiger partial charge in [0.1, 0.15) is 0 Å².